The van der Waals surface area contributed by atoms with E-state index < -0.39 is 12.0 Å². The van der Waals surface area contributed by atoms with Gasteiger partial charge in [0.2, 0.25) is 0 Å². The number of anilines is 1. The summed E-state index contributed by atoms with van der Waals surface area (Å²) < 4.78 is 2.06. The number of ketones is 1. The van der Waals surface area contributed by atoms with Crippen LogP contribution in [0, 0.1) is 17.8 Å². The second-order valence-electron chi connectivity index (χ2n) is 12.3. The molecule has 1 aromatic heterocycles. The number of aromatic nitrogens is 1. The van der Waals surface area contributed by atoms with Gasteiger partial charge >= 0.3 is 6.09 Å². The summed E-state index contributed by atoms with van der Waals surface area (Å²) in [4.78, 5) is 38.5. The Bertz CT molecular complexity index is 1220. The molecule has 8 nitrogen and oxygen atoms in total. The molecule has 4 N–H and O–H groups in total. The van der Waals surface area contributed by atoms with Gasteiger partial charge in [-0.05, 0) is 60.8 Å². The van der Waals surface area contributed by atoms with Crippen LogP contribution in [0.1, 0.15) is 85.9 Å². The largest absolute Gasteiger partial charge is 0.465 e. The van der Waals surface area contributed by atoms with Gasteiger partial charge in [0, 0.05) is 53.9 Å². The predicted molar refractivity (Wildman–Crippen MR) is 140 cm³/mol. The molecule has 0 saturated carbocycles. The summed E-state index contributed by atoms with van der Waals surface area (Å²) in [6.45, 7) is 12.7. The van der Waals surface area contributed by atoms with Gasteiger partial charge in [-0.3, -0.25) is 9.59 Å². The van der Waals surface area contributed by atoms with E-state index in [2.05, 4.69) is 23.7 Å². The number of amides is 2. The van der Waals surface area contributed by atoms with Crippen LogP contribution in [0.3, 0.4) is 0 Å². The van der Waals surface area contributed by atoms with Crippen LogP contribution >= 0.6 is 0 Å². The number of primary amides is 1. The lowest BCUT2D eigenvalue weighted by Crippen LogP contribution is -2.54. The van der Waals surface area contributed by atoms with E-state index in [1.54, 1.807) is 6.07 Å². The number of fused-ring (bicyclic) bond motifs is 1. The van der Waals surface area contributed by atoms with Gasteiger partial charge in [-0.25, -0.2) is 4.79 Å². The van der Waals surface area contributed by atoms with Crippen molar-refractivity contribution in [2.75, 3.05) is 11.9 Å². The first-order chi connectivity index (χ1) is 16.7. The van der Waals surface area contributed by atoms with Crippen LogP contribution in [-0.2, 0) is 6.42 Å². The third kappa shape index (κ3) is 4.86. The molecule has 0 spiro atoms. The Balaban J connectivity index is 1.70. The molecule has 2 aromatic rings. The Morgan fingerprint density at radius 2 is 1.89 bits per heavy atom. The summed E-state index contributed by atoms with van der Waals surface area (Å²) in [6.07, 6.45) is 3.65. The maximum absolute atomic E-state index is 12.9. The van der Waals surface area contributed by atoms with E-state index >= 15 is 0 Å². The zero-order valence-electron chi connectivity index (χ0n) is 22.1. The molecular weight excluding hydrogens is 456 g/mol. The number of nitrogens with two attached hydrogens (primary N) is 1. The van der Waals surface area contributed by atoms with Crippen LogP contribution in [0.5, 0.6) is 0 Å². The van der Waals surface area contributed by atoms with Crippen molar-refractivity contribution in [2.24, 2.45) is 16.6 Å². The minimum absolute atomic E-state index is 0.0148. The Morgan fingerprint density at radius 3 is 2.50 bits per heavy atom. The van der Waals surface area contributed by atoms with Crippen molar-refractivity contribution in [3.63, 3.8) is 0 Å². The summed E-state index contributed by atoms with van der Waals surface area (Å²) >= 11 is 0. The van der Waals surface area contributed by atoms with E-state index in [4.69, 9.17) is 5.73 Å². The van der Waals surface area contributed by atoms with Gasteiger partial charge in [0.05, 0.1) is 5.56 Å². The molecule has 1 saturated heterocycles. The quantitative estimate of drug-likeness (QED) is 0.552. The first-order valence-corrected chi connectivity index (χ1v) is 12.6. The SMILES string of the molecule is Cc1cn(-c2ccc(C(N)=O)c(NC3CCN(C(=O)O)C(C(C)(C)C)C3)c2)c2c1C(=O)CC(C)(C)C2. The van der Waals surface area contributed by atoms with Gasteiger partial charge < -0.3 is 25.6 Å². The number of carbonyl (C=O) groups excluding carboxylic acids is 2. The number of benzene rings is 1. The fourth-order valence-electron chi connectivity index (χ4n) is 5.89. The van der Waals surface area contributed by atoms with E-state index in [0.29, 0.717) is 37.1 Å². The number of carbonyl (C=O) groups is 3. The fraction of sp³-hybridized carbons (Fsp3) is 0.536. The standard InChI is InChI=1S/C28H38N4O4/c1-16-15-32(21-13-28(5,6)14-22(33)24(16)21)18-7-8-19(25(29)34)20(12-18)30-17-9-10-31(26(35)36)23(11-17)27(2,3)4/h7-8,12,15,17,23,30H,9-11,13-14H2,1-6H3,(H2,29,34)(H,35,36). The second-order valence-corrected chi connectivity index (χ2v) is 12.3. The molecule has 36 heavy (non-hydrogen) atoms. The van der Waals surface area contributed by atoms with E-state index in [-0.39, 0.29) is 28.7 Å². The maximum atomic E-state index is 12.9. The zero-order chi connectivity index (χ0) is 26.6. The zero-order valence-corrected chi connectivity index (χ0v) is 22.1. The molecule has 0 bridgehead atoms. The lowest BCUT2D eigenvalue weighted by molar-refractivity contribution is 0.0557. The van der Waals surface area contributed by atoms with Gasteiger partial charge in [0.1, 0.15) is 0 Å². The normalized spacial score (nSPS) is 21.7. The van der Waals surface area contributed by atoms with Crippen LogP contribution in [0.4, 0.5) is 10.5 Å². The van der Waals surface area contributed by atoms with Crippen molar-refractivity contribution >= 4 is 23.5 Å². The topological polar surface area (TPSA) is 118 Å². The number of piperidine rings is 1. The number of Topliss-reactive ketones (excluding diaryl/α,β-unsaturated/α-hetero) is 1. The first kappa shape index (κ1) is 25.8. The smallest absolute Gasteiger partial charge is 0.407 e. The van der Waals surface area contributed by atoms with Gasteiger partial charge in [0.25, 0.3) is 5.91 Å². The van der Waals surface area contributed by atoms with Crippen LogP contribution in [0.25, 0.3) is 5.69 Å². The van der Waals surface area contributed by atoms with Crippen molar-refractivity contribution in [2.45, 2.75) is 79.3 Å². The fourth-order valence-corrected chi connectivity index (χ4v) is 5.89. The predicted octanol–water partition coefficient (Wildman–Crippen LogP) is 5.01. The summed E-state index contributed by atoms with van der Waals surface area (Å²) in [7, 11) is 0. The summed E-state index contributed by atoms with van der Waals surface area (Å²) in [5, 5.41) is 13.2. The molecule has 2 unspecified atom stereocenters. The number of nitrogens with zero attached hydrogens (tertiary/aromatic N) is 2. The number of hydrogen-bond donors (Lipinski definition) is 3. The number of aryl methyl sites for hydroxylation is 1. The molecule has 2 heterocycles. The molecule has 1 fully saturated rings. The number of likely N-dealkylation sites (tertiary alicyclic amines) is 1. The minimum Gasteiger partial charge on any atom is -0.465 e. The van der Waals surface area contributed by atoms with Crippen LogP contribution in [0.15, 0.2) is 24.4 Å². The van der Waals surface area contributed by atoms with E-state index in [1.165, 1.54) is 4.90 Å². The molecule has 2 atom stereocenters. The van der Waals surface area contributed by atoms with Gasteiger partial charge in [-0.2, -0.15) is 0 Å². The minimum atomic E-state index is -0.904. The first-order valence-electron chi connectivity index (χ1n) is 12.6. The van der Waals surface area contributed by atoms with Gasteiger partial charge in [-0.15, -0.1) is 0 Å². The van der Waals surface area contributed by atoms with Crippen molar-refractivity contribution in [1.29, 1.82) is 0 Å². The molecule has 2 aliphatic rings. The summed E-state index contributed by atoms with van der Waals surface area (Å²) in [5.74, 6) is -0.357. The number of rotatable bonds is 4. The molecule has 4 rings (SSSR count). The highest BCUT2D eigenvalue weighted by atomic mass is 16.4. The molecule has 194 valence electrons. The van der Waals surface area contributed by atoms with E-state index in [1.807, 2.05) is 46.0 Å². The third-order valence-electron chi connectivity index (χ3n) is 7.61. The Hall–Kier alpha value is -3.29. The van der Waals surface area contributed by atoms with Crippen molar-refractivity contribution in [3.8, 4) is 5.69 Å². The molecule has 0 radical (unpaired) electrons. The molecule has 1 aliphatic heterocycles. The lowest BCUT2D eigenvalue weighted by atomic mass is 9.75. The lowest BCUT2D eigenvalue weighted by Gasteiger charge is -2.45. The number of hydrogen-bond acceptors (Lipinski definition) is 4. The highest BCUT2D eigenvalue weighted by Gasteiger charge is 2.39. The average molecular weight is 495 g/mol. The second kappa shape index (κ2) is 8.98. The van der Waals surface area contributed by atoms with Crippen molar-refractivity contribution in [3.05, 3.63) is 46.8 Å². The third-order valence-corrected chi connectivity index (χ3v) is 7.61. The monoisotopic (exact) mass is 494 g/mol. The molecule has 1 aromatic carbocycles. The van der Waals surface area contributed by atoms with Gasteiger partial charge in [0.15, 0.2) is 5.78 Å². The van der Waals surface area contributed by atoms with Crippen molar-refractivity contribution < 1.29 is 19.5 Å². The van der Waals surface area contributed by atoms with Crippen LogP contribution < -0.4 is 11.1 Å². The van der Waals surface area contributed by atoms with Crippen LogP contribution in [-0.4, -0.2) is 51.0 Å². The molecule has 2 amide bonds. The van der Waals surface area contributed by atoms with Crippen molar-refractivity contribution in [1.82, 2.24) is 9.47 Å². The average Bonchev–Trinajstić information content (AvgIpc) is 3.07. The maximum Gasteiger partial charge on any atom is 0.407 e. The van der Waals surface area contributed by atoms with E-state index in [0.717, 1.165) is 28.9 Å². The van der Waals surface area contributed by atoms with Gasteiger partial charge in [-0.1, -0.05) is 34.6 Å². The van der Waals surface area contributed by atoms with Crippen LogP contribution in [0.2, 0.25) is 0 Å². The summed E-state index contributed by atoms with van der Waals surface area (Å²) in [5.41, 5.74) is 9.99. The molecule has 8 heteroatoms. The Kier molecular flexibility index (Phi) is 6.43. The van der Waals surface area contributed by atoms with E-state index in [9.17, 15) is 19.5 Å². The molecular formula is C28H38N4O4. The number of nitrogens with one attached hydrogen (secondary N) is 1. The highest BCUT2D eigenvalue weighted by Crippen LogP contribution is 2.39. The Morgan fingerprint density at radius 1 is 1.19 bits per heavy atom. The molecule has 1 aliphatic carbocycles. The Labute approximate surface area is 212 Å². The highest BCUT2D eigenvalue weighted by molar-refractivity contribution is 6.01. The summed E-state index contributed by atoms with van der Waals surface area (Å²) in [6, 6.07) is 5.34. The number of carboxylic acid groups (broad SMARTS) is 1.